The van der Waals surface area contributed by atoms with Gasteiger partial charge in [-0.25, -0.2) is 0 Å². The molecule has 2 aliphatic rings. The Morgan fingerprint density at radius 3 is 2.88 bits per heavy atom. The van der Waals surface area contributed by atoms with Gasteiger partial charge in [-0.15, -0.1) is 0 Å². The van der Waals surface area contributed by atoms with E-state index in [0.717, 1.165) is 31.4 Å². The predicted molar refractivity (Wildman–Crippen MR) is 69.1 cm³/mol. The highest BCUT2D eigenvalue weighted by molar-refractivity contribution is 7.99. The maximum Gasteiger partial charge on any atom is 0.124 e. The summed E-state index contributed by atoms with van der Waals surface area (Å²) in [5, 5.41) is 3.97. The molecule has 0 spiro atoms. The number of rotatable bonds is 3. The summed E-state index contributed by atoms with van der Waals surface area (Å²) in [6, 6.07) is 2.80. The minimum atomic E-state index is 0.842. The molecule has 17 heavy (non-hydrogen) atoms. The molecule has 0 amide bonds. The van der Waals surface area contributed by atoms with E-state index in [2.05, 4.69) is 26.7 Å². The van der Waals surface area contributed by atoms with Crippen LogP contribution in [0.5, 0.6) is 0 Å². The van der Waals surface area contributed by atoms with Crippen molar-refractivity contribution in [1.29, 1.82) is 0 Å². The smallest absolute Gasteiger partial charge is 0.124 e. The van der Waals surface area contributed by atoms with E-state index in [-0.39, 0.29) is 0 Å². The van der Waals surface area contributed by atoms with Gasteiger partial charge in [0.15, 0.2) is 0 Å². The zero-order valence-corrected chi connectivity index (χ0v) is 10.9. The number of thioether (sulfide) groups is 1. The molecule has 1 unspecified atom stereocenters. The molecular weight excluding hydrogens is 234 g/mol. The first-order chi connectivity index (χ1) is 8.42. The van der Waals surface area contributed by atoms with E-state index in [9.17, 15) is 0 Å². The lowest BCUT2D eigenvalue weighted by molar-refractivity contribution is 0.0987. The van der Waals surface area contributed by atoms with Gasteiger partial charge < -0.3 is 4.52 Å². The van der Waals surface area contributed by atoms with Gasteiger partial charge in [-0.05, 0) is 12.2 Å². The van der Waals surface area contributed by atoms with E-state index in [1.165, 1.54) is 31.0 Å². The monoisotopic (exact) mass is 253 g/mol. The molecule has 94 valence electrons. The van der Waals surface area contributed by atoms with Crippen LogP contribution in [0.2, 0.25) is 0 Å². The number of hydrogen-bond acceptors (Lipinski definition) is 5. The largest absolute Gasteiger partial charge is 0.364 e. The molecule has 2 aliphatic heterocycles. The maximum atomic E-state index is 4.87. The third-order valence-corrected chi connectivity index (χ3v) is 4.85. The van der Waals surface area contributed by atoms with E-state index in [1.807, 2.05) is 6.07 Å². The number of nitrogens with zero attached hydrogens (tertiary/aromatic N) is 3. The van der Waals surface area contributed by atoms with Crippen LogP contribution in [-0.4, -0.2) is 58.7 Å². The molecule has 0 N–H and O–H groups in total. The fourth-order valence-corrected chi connectivity index (χ4v) is 3.90. The summed E-state index contributed by atoms with van der Waals surface area (Å²) in [6.45, 7) is 5.68. The second-order valence-corrected chi connectivity index (χ2v) is 5.97. The molecule has 0 radical (unpaired) electrons. The topological polar surface area (TPSA) is 32.5 Å². The lowest BCUT2D eigenvalue weighted by Gasteiger charge is -2.37. The normalized spacial score (nSPS) is 27.6. The van der Waals surface area contributed by atoms with Crippen LogP contribution < -0.4 is 0 Å². The number of piperazine rings is 1. The summed E-state index contributed by atoms with van der Waals surface area (Å²) in [5.74, 6) is 2.69. The average molecular weight is 253 g/mol. The quantitative estimate of drug-likeness (QED) is 0.811. The summed E-state index contributed by atoms with van der Waals surface area (Å²) >= 11 is 2.10. The van der Waals surface area contributed by atoms with Crippen molar-refractivity contribution in [3.63, 3.8) is 0 Å². The summed E-state index contributed by atoms with van der Waals surface area (Å²) in [5.41, 5.74) is 1.05. The maximum absolute atomic E-state index is 4.87. The van der Waals surface area contributed by atoms with Crippen LogP contribution in [0.15, 0.2) is 16.9 Å². The van der Waals surface area contributed by atoms with E-state index >= 15 is 0 Å². The molecule has 1 atom stereocenters. The van der Waals surface area contributed by atoms with Crippen molar-refractivity contribution in [2.45, 2.75) is 19.0 Å². The summed E-state index contributed by atoms with van der Waals surface area (Å²) in [7, 11) is 0. The van der Waals surface area contributed by atoms with Crippen LogP contribution in [0.25, 0.3) is 0 Å². The van der Waals surface area contributed by atoms with Gasteiger partial charge >= 0.3 is 0 Å². The fraction of sp³-hybridized carbons (Fsp3) is 0.750. The van der Waals surface area contributed by atoms with Crippen LogP contribution in [0.4, 0.5) is 0 Å². The molecular formula is C12H19N3OS. The van der Waals surface area contributed by atoms with Crippen LogP contribution in [0.3, 0.4) is 0 Å². The van der Waals surface area contributed by atoms with E-state index in [0.29, 0.717) is 0 Å². The molecule has 0 aliphatic carbocycles. The second-order valence-electron chi connectivity index (χ2n) is 4.82. The Hall–Kier alpha value is -0.520. The van der Waals surface area contributed by atoms with Crippen molar-refractivity contribution in [3.8, 4) is 0 Å². The third kappa shape index (κ3) is 2.84. The zero-order valence-electron chi connectivity index (χ0n) is 10.0. The molecule has 0 aromatic carbocycles. The van der Waals surface area contributed by atoms with Crippen LogP contribution in [0.1, 0.15) is 12.1 Å². The van der Waals surface area contributed by atoms with E-state index < -0.39 is 0 Å². The first-order valence-corrected chi connectivity index (χ1v) is 7.51. The van der Waals surface area contributed by atoms with Crippen LogP contribution >= 0.6 is 11.8 Å². The van der Waals surface area contributed by atoms with Crippen molar-refractivity contribution in [2.75, 3.05) is 37.7 Å². The lowest BCUT2D eigenvalue weighted by atomic mass is 10.2. The van der Waals surface area contributed by atoms with Crippen molar-refractivity contribution in [2.24, 2.45) is 0 Å². The summed E-state index contributed by atoms with van der Waals surface area (Å²) in [6.07, 6.45) is 3.04. The minimum Gasteiger partial charge on any atom is -0.364 e. The molecule has 5 heteroatoms. The highest BCUT2D eigenvalue weighted by Gasteiger charge is 2.26. The highest BCUT2D eigenvalue weighted by atomic mass is 32.2. The van der Waals surface area contributed by atoms with Crippen molar-refractivity contribution in [1.82, 2.24) is 15.0 Å². The molecule has 2 fully saturated rings. The SMILES string of the molecule is c1cc(CN2CCN(C3CCSC3)CC2)no1. The molecule has 0 bridgehead atoms. The molecule has 2 saturated heterocycles. The molecule has 4 nitrogen and oxygen atoms in total. The van der Waals surface area contributed by atoms with Gasteiger partial charge in [-0.2, -0.15) is 11.8 Å². The van der Waals surface area contributed by atoms with Gasteiger partial charge in [0.25, 0.3) is 0 Å². The molecule has 0 saturated carbocycles. The highest BCUT2D eigenvalue weighted by Crippen LogP contribution is 2.23. The minimum absolute atomic E-state index is 0.842. The van der Waals surface area contributed by atoms with Crippen molar-refractivity contribution < 1.29 is 4.52 Å². The Morgan fingerprint density at radius 1 is 1.35 bits per heavy atom. The van der Waals surface area contributed by atoms with Gasteiger partial charge in [0, 0.05) is 50.6 Å². The summed E-state index contributed by atoms with van der Waals surface area (Å²) in [4.78, 5) is 5.13. The third-order valence-electron chi connectivity index (χ3n) is 3.71. The Bertz CT molecular complexity index is 330. The predicted octanol–water partition coefficient (Wildman–Crippen LogP) is 1.30. The fourth-order valence-electron chi connectivity index (χ4n) is 2.64. The first kappa shape index (κ1) is 11.6. The Labute approximate surface area is 106 Å². The Balaban J connectivity index is 1.47. The number of hydrogen-bond donors (Lipinski definition) is 0. The lowest BCUT2D eigenvalue weighted by Crippen LogP contribution is -2.50. The second kappa shape index (κ2) is 5.42. The Morgan fingerprint density at radius 2 is 2.24 bits per heavy atom. The van der Waals surface area contributed by atoms with Gasteiger partial charge in [0.1, 0.15) is 6.26 Å². The standard InChI is InChI=1S/C12H19N3OS/c1-7-16-13-11(1)9-14-3-5-15(6-4-14)12-2-8-17-10-12/h1,7,12H,2-6,8-10H2. The molecule has 3 rings (SSSR count). The van der Waals surface area contributed by atoms with Crippen LogP contribution in [-0.2, 0) is 6.54 Å². The zero-order chi connectivity index (χ0) is 11.5. The van der Waals surface area contributed by atoms with E-state index in [1.54, 1.807) is 6.26 Å². The first-order valence-electron chi connectivity index (χ1n) is 6.35. The van der Waals surface area contributed by atoms with Crippen LogP contribution in [0, 0.1) is 0 Å². The average Bonchev–Trinajstić information content (AvgIpc) is 3.01. The van der Waals surface area contributed by atoms with Gasteiger partial charge in [-0.3, -0.25) is 9.80 Å². The summed E-state index contributed by atoms with van der Waals surface area (Å²) < 4.78 is 4.87. The van der Waals surface area contributed by atoms with Gasteiger partial charge in [0.2, 0.25) is 0 Å². The van der Waals surface area contributed by atoms with Gasteiger partial charge in [-0.1, -0.05) is 5.16 Å². The van der Waals surface area contributed by atoms with E-state index in [4.69, 9.17) is 4.52 Å². The Kier molecular flexibility index (Phi) is 3.68. The molecule has 1 aromatic heterocycles. The van der Waals surface area contributed by atoms with Crippen molar-refractivity contribution >= 4 is 11.8 Å². The van der Waals surface area contributed by atoms with Crippen molar-refractivity contribution in [3.05, 3.63) is 18.0 Å². The van der Waals surface area contributed by atoms with Gasteiger partial charge in [0.05, 0.1) is 5.69 Å². The molecule has 3 heterocycles. The molecule has 1 aromatic rings. The number of aromatic nitrogens is 1.